The number of halogens is 3. The van der Waals surface area contributed by atoms with Gasteiger partial charge in [0.25, 0.3) is 0 Å². The van der Waals surface area contributed by atoms with Crippen LogP contribution in [0.5, 0.6) is 0 Å². The maximum Gasteiger partial charge on any atom is 0.417 e. The molecule has 1 atom stereocenters. The maximum absolute atomic E-state index is 13.3. The molecule has 0 radical (unpaired) electrons. The fourth-order valence-corrected chi connectivity index (χ4v) is 3.91. The first kappa shape index (κ1) is 21.9. The zero-order valence-corrected chi connectivity index (χ0v) is 16.5. The number of piperazine rings is 1. The van der Waals surface area contributed by atoms with Crippen LogP contribution in [0.4, 0.5) is 18.9 Å². The van der Waals surface area contributed by atoms with Gasteiger partial charge in [-0.15, -0.1) is 0 Å². The lowest BCUT2D eigenvalue weighted by Gasteiger charge is -2.43. The zero-order valence-electron chi connectivity index (χ0n) is 16.5. The number of rotatable bonds is 3. The number of amides is 2. The molecule has 162 valence electrons. The predicted molar refractivity (Wildman–Crippen MR) is 101 cm³/mol. The molecule has 0 bridgehead atoms. The van der Waals surface area contributed by atoms with Gasteiger partial charge in [0, 0.05) is 51.5 Å². The molecule has 1 aromatic carbocycles. The van der Waals surface area contributed by atoms with Gasteiger partial charge in [0.1, 0.15) is 6.04 Å². The molecule has 2 amide bonds. The number of benzene rings is 1. The van der Waals surface area contributed by atoms with E-state index in [4.69, 9.17) is 10.00 Å². The van der Waals surface area contributed by atoms with E-state index in [0.29, 0.717) is 26.1 Å². The second kappa shape index (κ2) is 8.92. The SMILES string of the molecule is CNC(=O)C1CN(c2ccc(C#N)c(C(F)(F)F)c2)CCN1C(=O)C1CCOCC1. The average molecular weight is 424 g/mol. The van der Waals surface area contributed by atoms with Crippen molar-refractivity contribution in [1.82, 2.24) is 10.2 Å². The number of carbonyl (C=O) groups is 2. The molecule has 0 spiro atoms. The zero-order chi connectivity index (χ0) is 21.9. The van der Waals surface area contributed by atoms with Crippen LogP contribution in [0.2, 0.25) is 0 Å². The number of nitrogens with one attached hydrogen (secondary N) is 1. The summed E-state index contributed by atoms with van der Waals surface area (Å²) in [5, 5.41) is 11.5. The monoisotopic (exact) mass is 424 g/mol. The van der Waals surface area contributed by atoms with Crippen LogP contribution in [-0.2, 0) is 20.5 Å². The second-order valence-corrected chi connectivity index (χ2v) is 7.33. The van der Waals surface area contributed by atoms with Crippen molar-refractivity contribution in [2.75, 3.05) is 44.8 Å². The van der Waals surface area contributed by atoms with E-state index >= 15 is 0 Å². The third-order valence-corrected chi connectivity index (χ3v) is 5.58. The summed E-state index contributed by atoms with van der Waals surface area (Å²) < 4.78 is 45.2. The first-order valence-electron chi connectivity index (χ1n) is 9.72. The van der Waals surface area contributed by atoms with Gasteiger partial charge in [0.15, 0.2) is 0 Å². The Morgan fingerprint density at radius 3 is 2.53 bits per heavy atom. The molecule has 7 nitrogen and oxygen atoms in total. The summed E-state index contributed by atoms with van der Waals surface area (Å²) in [6.07, 6.45) is -3.49. The van der Waals surface area contributed by atoms with Crippen LogP contribution >= 0.6 is 0 Å². The van der Waals surface area contributed by atoms with Crippen molar-refractivity contribution in [2.24, 2.45) is 5.92 Å². The largest absolute Gasteiger partial charge is 0.417 e. The molecule has 2 aliphatic heterocycles. The lowest BCUT2D eigenvalue weighted by atomic mass is 9.96. The van der Waals surface area contributed by atoms with Gasteiger partial charge in [-0.3, -0.25) is 9.59 Å². The molecular formula is C20H23F3N4O3. The first-order valence-corrected chi connectivity index (χ1v) is 9.72. The number of hydrogen-bond donors (Lipinski definition) is 1. The summed E-state index contributed by atoms with van der Waals surface area (Å²) in [5.41, 5.74) is -1.21. The Morgan fingerprint density at radius 1 is 1.23 bits per heavy atom. The minimum absolute atomic E-state index is 0.0673. The van der Waals surface area contributed by atoms with Gasteiger partial charge in [0.05, 0.1) is 17.2 Å². The fourth-order valence-electron chi connectivity index (χ4n) is 3.91. The number of nitrogens with zero attached hydrogens (tertiary/aromatic N) is 3. The lowest BCUT2D eigenvalue weighted by Crippen LogP contribution is -2.61. The summed E-state index contributed by atoms with van der Waals surface area (Å²) in [6, 6.07) is 4.24. The van der Waals surface area contributed by atoms with E-state index in [1.54, 1.807) is 11.0 Å². The number of hydrogen-bond acceptors (Lipinski definition) is 5. The van der Waals surface area contributed by atoms with Crippen molar-refractivity contribution < 1.29 is 27.5 Å². The highest BCUT2D eigenvalue weighted by atomic mass is 19.4. The summed E-state index contributed by atoms with van der Waals surface area (Å²) >= 11 is 0. The lowest BCUT2D eigenvalue weighted by molar-refractivity contribution is -0.146. The molecule has 1 aromatic rings. The van der Waals surface area contributed by atoms with E-state index in [1.165, 1.54) is 18.0 Å². The maximum atomic E-state index is 13.3. The Bertz CT molecular complexity index is 847. The van der Waals surface area contributed by atoms with Gasteiger partial charge in [-0.2, -0.15) is 18.4 Å². The van der Waals surface area contributed by atoms with Crippen molar-refractivity contribution >= 4 is 17.5 Å². The summed E-state index contributed by atoms with van der Waals surface area (Å²) in [4.78, 5) is 28.6. The van der Waals surface area contributed by atoms with Crippen LogP contribution in [0.1, 0.15) is 24.0 Å². The molecule has 1 unspecified atom stereocenters. The second-order valence-electron chi connectivity index (χ2n) is 7.33. The first-order chi connectivity index (χ1) is 14.3. The van der Waals surface area contributed by atoms with Crippen LogP contribution in [0, 0.1) is 17.2 Å². The third kappa shape index (κ3) is 4.51. The Labute approximate surface area is 172 Å². The normalized spacial score (nSPS) is 20.6. The van der Waals surface area contributed by atoms with Crippen molar-refractivity contribution in [3.05, 3.63) is 29.3 Å². The highest BCUT2D eigenvalue weighted by Gasteiger charge is 2.39. The van der Waals surface area contributed by atoms with E-state index in [9.17, 15) is 22.8 Å². The molecular weight excluding hydrogens is 401 g/mol. The van der Waals surface area contributed by atoms with Crippen LogP contribution in [0.3, 0.4) is 0 Å². The topological polar surface area (TPSA) is 85.7 Å². The minimum atomic E-state index is -4.66. The molecule has 30 heavy (non-hydrogen) atoms. The average Bonchev–Trinajstić information content (AvgIpc) is 2.77. The third-order valence-electron chi connectivity index (χ3n) is 5.58. The van der Waals surface area contributed by atoms with Gasteiger partial charge in [-0.25, -0.2) is 0 Å². The van der Waals surface area contributed by atoms with E-state index in [-0.39, 0.29) is 43.1 Å². The molecule has 2 fully saturated rings. The van der Waals surface area contributed by atoms with Crippen molar-refractivity contribution in [3.63, 3.8) is 0 Å². The molecule has 2 heterocycles. The highest BCUT2D eigenvalue weighted by molar-refractivity contribution is 5.89. The molecule has 2 saturated heterocycles. The van der Waals surface area contributed by atoms with E-state index < -0.39 is 23.3 Å². The summed E-state index contributed by atoms with van der Waals surface area (Å²) in [5.74, 6) is -0.712. The number of ether oxygens (including phenoxy) is 1. The van der Waals surface area contributed by atoms with E-state index in [1.807, 2.05) is 0 Å². The summed E-state index contributed by atoms with van der Waals surface area (Å²) in [7, 11) is 1.46. The predicted octanol–water partition coefficient (Wildman–Crippen LogP) is 1.77. The molecule has 10 heteroatoms. The number of alkyl halides is 3. The number of carbonyl (C=O) groups excluding carboxylic acids is 2. The summed E-state index contributed by atoms with van der Waals surface area (Å²) in [6.45, 7) is 1.55. The Hall–Kier alpha value is -2.80. The number of anilines is 1. The molecule has 3 rings (SSSR count). The van der Waals surface area contributed by atoms with Crippen LogP contribution in [0.25, 0.3) is 0 Å². The molecule has 2 aliphatic rings. The Balaban J connectivity index is 1.84. The van der Waals surface area contributed by atoms with Crippen molar-refractivity contribution in [3.8, 4) is 6.07 Å². The molecule has 0 saturated carbocycles. The molecule has 0 aromatic heterocycles. The smallest absolute Gasteiger partial charge is 0.381 e. The van der Waals surface area contributed by atoms with E-state index in [2.05, 4.69) is 5.32 Å². The Kier molecular flexibility index (Phi) is 6.51. The van der Waals surface area contributed by atoms with E-state index in [0.717, 1.165) is 12.1 Å². The standard InChI is InChI=1S/C20H23F3N4O3/c1-25-18(28)17-12-26(6-7-27(17)19(29)13-4-8-30-9-5-13)15-3-2-14(11-24)16(10-15)20(21,22)23/h2-3,10,13,17H,4-9,12H2,1H3,(H,25,28). The van der Waals surface area contributed by atoms with Gasteiger partial charge in [-0.05, 0) is 31.0 Å². The number of nitriles is 1. The van der Waals surface area contributed by atoms with Crippen LogP contribution < -0.4 is 10.2 Å². The van der Waals surface area contributed by atoms with Gasteiger partial charge in [0.2, 0.25) is 11.8 Å². The van der Waals surface area contributed by atoms with Crippen LogP contribution in [-0.4, -0.2) is 62.7 Å². The molecule has 0 aliphatic carbocycles. The minimum Gasteiger partial charge on any atom is -0.381 e. The quantitative estimate of drug-likeness (QED) is 0.800. The van der Waals surface area contributed by atoms with Crippen molar-refractivity contribution in [2.45, 2.75) is 25.1 Å². The van der Waals surface area contributed by atoms with Crippen molar-refractivity contribution in [1.29, 1.82) is 5.26 Å². The van der Waals surface area contributed by atoms with Gasteiger partial charge >= 0.3 is 6.18 Å². The van der Waals surface area contributed by atoms with Crippen LogP contribution in [0.15, 0.2) is 18.2 Å². The molecule has 1 N–H and O–H groups in total. The highest BCUT2D eigenvalue weighted by Crippen LogP contribution is 2.35. The fraction of sp³-hybridized carbons (Fsp3) is 0.550. The van der Waals surface area contributed by atoms with Gasteiger partial charge < -0.3 is 19.9 Å². The van der Waals surface area contributed by atoms with Gasteiger partial charge in [-0.1, -0.05) is 0 Å². The number of likely N-dealkylation sites (N-methyl/N-ethyl adjacent to an activating group) is 1. The Morgan fingerprint density at radius 2 is 1.93 bits per heavy atom.